The van der Waals surface area contributed by atoms with Crippen molar-refractivity contribution in [2.24, 2.45) is 0 Å². The van der Waals surface area contributed by atoms with Crippen LogP contribution in [0.3, 0.4) is 0 Å². The van der Waals surface area contributed by atoms with E-state index in [0.29, 0.717) is 0 Å². The summed E-state index contributed by atoms with van der Waals surface area (Å²) in [5.74, 6) is 0. The van der Waals surface area contributed by atoms with E-state index in [9.17, 15) is 5.11 Å². The van der Waals surface area contributed by atoms with E-state index in [1.807, 2.05) is 44.2 Å². The molecule has 0 bridgehead atoms. The van der Waals surface area contributed by atoms with Crippen molar-refractivity contribution in [2.45, 2.75) is 20.0 Å². The molecule has 0 aliphatic heterocycles. The molecule has 1 atom stereocenters. The van der Waals surface area contributed by atoms with Crippen molar-refractivity contribution in [3.05, 3.63) is 76.9 Å². The first-order chi connectivity index (χ1) is 10.1. The molecule has 0 fully saturated rings. The van der Waals surface area contributed by atoms with Crippen LogP contribution in [0.25, 0.3) is 10.8 Å². The van der Waals surface area contributed by atoms with Crippen molar-refractivity contribution >= 4 is 16.5 Å². The van der Waals surface area contributed by atoms with Gasteiger partial charge in [0.2, 0.25) is 0 Å². The number of fused-ring (bicyclic) bond motifs is 1. The molecular formula is C19H19NO. The molecule has 3 aromatic carbocycles. The summed E-state index contributed by atoms with van der Waals surface area (Å²) in [6.07, 6.45) is -0.643. The molecule has 0 saturated carbocycles. The average Bonchev–Trinajstić information content (AvgIpc) is 2.49. The number of nitrogens with two attached hydrogens (primary N) is 1. The van der Waals surface area contributed by atoms with Gasteiger partial charge in [0.05, 0.1) is 0 Å². The molecule has 0 amide bonds. The summed E-state index contributed by atoms with van der Waals surface area (Å²) < 4.78 is 0. The molecule has 1 unspecified atom stereocenters. The van der Waals surface area contributed by atoms with Gasteiger partial charge in [-0.1, -0.05) is 48.5 Å². The lowest BCUT2D eigenvalue weighted by atomic mass is 9.91. The highest BCUT2D eigenvalue weighted by molar-refractivity contribution is 5.87. The van der Waals surface area contributed by atoms with Crippen LogP contribution in [0.15, 0.2) is 54.6 Å². The second-order valence-electron chi connectivity index (χ2n) is 5.54. The number of benzene rings is 3. The molecule has 21 heavy (non-hydrogen) atoms. The molecule has 0 saturated heterocycles. The van der Waals surface area contributed by atoms with Crippen LogP contribution in [-0.2, 0) is 0 Å². The normalized spacial score (nSPS) is 12.5. The van der Waals surface area contributed by atoms with E-state index >= 15 is 0 Å². The number of aliphatic hydroxyl groups is 1. The van der Waals surface area contributed by atoms with Crippen LogP contribution in [0.5, 0.6) is 0 Å². The quantitative estimate of drug-likeness (QED) is 0.692. The van der Waals surface area contributed by atoms with Crippen LogP contribution < -0.4 is 5.73 Å². The van der Waals surface area contributed by atoms with Crippen molar-refractivity contribution in [1.29, 1.82) is 0 Å². The third kappa shape index (κ3) is 2.39. The lowest BCUT2D eigenvalue weighted by molar-refractivity contribution is 0.221. The second-order valence-corrected chi connectivity index (χ2v) is 5.54. The summed E-state index contributed by atoms with van der Waals surface area (Å²) in [6.45, 7) is 4.00. The van der Waals surface area contributed by atoms with Crippen LogP contribution in [0, 0.1) is 13.8 Å². The third-order valence-electron chi connectivity index (χ3n) is 4.07. The van der Waals surface area contributed by atoms with Gasteiger partial charge in [0.25, 0.3) is 0 Å². The minimum absolute atomic E-state index is 0.643. The second kappa shape index (κ2) is 5.23. The Kier molecular flexibility index (Phi) is 3.40. The van der Waals surface area contributed by atoms with Crippen molar-refractivity contribution in [3.63, 3.8) is 0 Å². The Labute approximate surface area is 124 Å². The molecule has 0 aromatic heterocycles. The summed E-state index contributed by atoms with van der Waals surface area (Å²) in [4.78, 5) is 0. The van der Waals surface area contributed by atoms with Gasteiger partial charge in [-0.3, -0.25) is 0 Å². The Hall–Kier alpha value is -2.32. The van der Waals surface area contributed by atoms with Gasteiger partial charge in [-0.25, -0.2) is 0 Å². The first-order valence-electron chi connectivity index (χ1n) is 7.10. The Morgan fingerprint density at radius 2 is 1.67 bits per heavy atom. The Balaban J connectivity index is 2.19. The Morgan fingerprint density at radius 3 is 2.43 bits per heavy atom. The lowest BCUT2D eigenvalue weighted by Gasteiger charge is -2.18. The number of hydrogen-bond acceptors (Lipinski definition) is 2. The number of aryl methyl sites for hydroxylation is 2. The molecule has 0 aliphatic carbocycles. The largest absolute Gasteiger partial charge is 0.399 e. The molecule has 0 spiro atoms. The fourth-order valence-corrected chi connectivity index (χ4v) is 2.80. The van der Waals surface area contributed by atoms with Crippen LogP contribution >= 0.6 is 0 Å². The van der Waals surface area contributed by atoms with Gasteiger partial charge >= 0.3 is 0 Å². The summed E-state index contributed by atoms with van der Waals surface area (Å²) in [7, 11) is 0. The van der Waals surface area contributed by atoms with Crippen LogP contribution in [0.1, 0.15) is 28.4 Å². The van der Waals surface area contributed by atoms with E-state index in [2.05, 4.69) is 24.3 Å². The molecular weight excluding hydrogens is 258 g/mol. The number of aliphatic hydroxyl groups excluding tert-OH is 1. The van der Waals surface area contributed by atoms with Crippen molar-refractivity contribution < 1.29 is 5.11 Å². The van der Waals surface area contributed by atoms with E-state index in [1.54, 1.807) is 0 Å². The number of hydrogen-bond donors (Lipinski definition) is 2. The molecule has 3 aromatic rings. The first-order valence-corrected chi connectivity index (χ1v) is 7.10. The van der Waals surface area contributed by atoms with Gasteiger partial charge in [-0.05, 0) is 52.9 Å². The summed E-state index contributed by atoms with van der Waals surface area (Å²) in [5.41, 5.74) is 10.5. The molecule has 0 radical (unpaired) electrons. The zero-order chi connectivity index (χ0) is 15.0. The third-order valence-corrected chi connectivity index (χ3v) is 4.07. The predicted octanol–water partition coefficient (Wildman–Crippen LogP) is 4.12. The minimum atomic E-state index is -0.643. The molecule has 0 heterocycles. The average molecular weight is 277 g/mol. The van der Waals surface area contributed by atoms with E-state index in [1.165, 1.54) is 0 Å². The van der Waals surface area contributed by atoms with E-state index in [4.69, 9.17) is 5.73 Å². The van der Waals surface area contributed by atoms with Gasteiger partial charge in [-0.2, -0.15) is 0 Å². The zero-order valence-electron chi connectivity index (χ0n) is 12.3. The minimum Gasteiger partial charge on any atom is -0.399 e. The maximum atomic E-state index is 10.8. The van der Waals surface area contributed by atoms with Crippen molar-refractivity contribution in [2.75, 3.05) is 5.73 Å². The summed E-state index contributed by atoms with van der Waals surface area (Å²) in [6, 6.07) is 18.0. The molecule has 0 aliphatic rings. The highest BCUT2D eigenvalue weighted by Gasteiger charge is 2.16. The fraction of sp³-hybridized carbons (Fsp3) is 0.158. The van der Waals surface area contributed by atoms with E-state index in [0.717, 1.165) is 38.7 Å². The molecule has 3 rings (SSSR count). The van der Waals surface area contributed by atoms with E-state index in [-0.39, 0.29) is 0 Å². The highest BCUT2D eigenvalue weighted by Crippen LogP contribution is 2.32. The van der Waals surface area contributed by atoms with Gasteiger partial charge in [0.15, 0.2) is 0 Å². The van der Waals surface area contributed by atoms with Gasteiger partial charge in [-0.15, -0.1) is 0 Å². The fourth-order valence-electron chi connectivity index (χ4n) is 2.80. The van der Waals surface area contributed by atoms with Crippen LogP contribution in [-0.4, -0.2) is 5.11 Å². The molecule has 2 nitrogen and oxygen atoms in total. The maximum Gasteiger partial charge on any atom is 0.105 e. The van der Waals surface area contributed by atoms with Crippen LogP contribution in [0.2, 0.25) is 0 Å². The van der Waals surface area contributed by atoms with Crippen LogP contribution in [0.4, 0.5) is 5.69 Å². The maximum absolute atomic E-state index is 10.8. The summed E-state index contributed by atoms with van der Waals surface area (Å²) in [5, 5.41) is 13.1. The number of anilines is 1. The first kappa shape index (κ1) is 13.7. The molecule has 106 valence electrons. The smallest absolute Gasteiger partial charge is 0.105 e. The molecule has 2 heteroatoms. The Morgan fingerprint density at radius 1 is 0.905 bits per heavy atom. The Bertz CT molecular complexity index is 808. The van der Waals surface area contributed by atoms with Crippen molar-refractivity contribution in [3.8, 4) is 0 Å². The SMILES string of the molecule is Cc1cc(C(O)c2c(C)ccc3ccccc23)ccc1N. The lowest BCUT2D eigenvalue weighted by Crippen LogP contribution is -2.04. The van der Waals surface area contributed by atoms with Gasteiger partial charge in [0, 0.05) is 5.69 Å². The molecule has 3 N–H and O–H groups in total. The standard InChI is InChI=1S/C19H19NO/c1-12-7-8-14-5-3-4-6-16(14)18(12)19(21)15-9-10-17(20)13(2)11-15/h3-11,19,21H,20H2,1-2H3. The predicted molar refractivity (Wildman–Crippen MR) is 88.3 cm³/mol. The monoisotopic (exact) mass is 277 g/mol. The zero-order valence-corrected chi connectivity index (χ0v) is 12.3. The number of rotatable bonds is 2. The summed E-state index contributed by atoms with van der Waals surface area (Å²) >= 11 is 0. The van der Waals surface area contributed by atoms with Gasteiger partial charge in [0.1, 0.15) is 6.10 Å². The van der Waals surface area contributed by atoms with E-state index < -0.39 is 6.10 Å². The highest BCUT2D eigenvalue weighted by atomic mass is 16.3. The van der Waals surface area contributed by atoms with Crippen molar-refractivity contribution in [1.82, 2.24) is 0 Å². The van der Waals surface area contributed by atoms with Gasteiger partial charge < -0.3 is 10.8 Å². The topological polar surface area (TPSA) is 46.2 Å². The number of nitrogen functional groups attached to an aromatic ring is 1.